The Balaban J connectivity index is 2.21. The summed E-state index contributed by atoms with van der Waals surface area (Å²) in [5.41, 5.74) is 2.25. The maximum absolute atomic E-state index is 5.55. The largest absolute Gasteiger partial charge is 0.492 e. The molecule has 1 aromatic heterocycles. The first-order valence-electron chi connectivity index (χ1n) is 5.50. The average molecular weight is 213 g/mol. The van der Waals surface area contributed by atoms with Gasteiger partial charge in [0, 0.05) is 12.6 Å². The second-order valence-corrected chi connectivity index (χ2v) is 3.54. The van der Waals surface area contributed by atoms with Gasteiger partial charge in [-0.2, -0.15) is 0 Å². The van der Waals surface area contributed by atoms with Gasteiger partial charge in [-0.05, 0) is 24.6 Å². The molecule has 1 aromatic carbocycles. The molecule has 0 aliphatic rings. The minimum absolute atomic E-state index is 0.674. The van der Waals surface area contributed by atoms with Crippen LogP contribution in [0, 0.1) is 0 Å². The van der Waals surface area contributed by atoms with Gasteiger partial charge in [0.15, 0.2) is 0 Å². The molecule has 16 heavy (non-hydrogen) atoms. The van der Waals surface area contributed by atoms with Gasteiger partial charge >= 0.3 is 0 Å². The number of pyridine rings is 1. The van der Waals surface area contributed by atoms with Gasteiger partial charge in [0.1, 0.15) is 5.75 Å². The lowest BCUT2D eigenvalue weighted by atomic mass is 10.1. The van der Waals surface area contributed by atoms with Gasteiger partial charge in [-0.15, -0.1) is 0 Å². The third kappa shape index (κ3) is 2.60. The van der Waals surface area contributed by atoms with Gasteiger partial charge in [0.25, 0.3) is 0 Å². The smallest absolute Gasteiger partial charge is 0.141 e. The van der Waals surface area contributed by atoms with Crippen LogP contribution >= 0.6 is 0 Å². The Hall–Kier alpha value is -1.83. The number of hydrogen-bond acceptors (Lipinski definition) is 2. The molecule has 2 rings (SSSR count). The third-order valence-electron chi connectivity index (χ3n) is 2.36. The molecular formula is C14H15NO. The van der Waals surface area contributed by atoms with Crippen LogP contribution in [0.15, 0.2) is 48.7 Å². The zero-order valence-electron chi connectivity index (χ0n) is 9.39. The van der Waals surface area contributed by atoms with Crippen LogP contribution in [-0.2, 0) is 6.42 Å². The molecule has 0 aliphatic carbocycles. The van der Waals surface area contributed by atoms with Gasteiger partial charge in [-0.25, -0.2) is 0 Å². The lowest BCUT2D eigenvalue weighted by molar-refractivity contribution is 0.335. The summed E-state index contributed by atoms with van der Waals surface area (Å²) < 4.78 is 5.55. The summed E-state index contributed by atoms with van der Waals surface area (Å²) in [6, 6.07) is 14.2. The highest BCUT2D eigenvalue weighted by atomic mass is 16.5. The molecule has 2 nitrogen and oxygen atoms in total. The molecule has 0 unspecified atom stereocenters. The summed E-state index contributed by atoms with van der Waals surface area (Å²) in [5, 5.41) is 0. The summed E-state index contributed by atoms with van der Waals surface area (Å²) in [5.74, 6) is 0.883. The predicted molar refractivity (Wildman–Crippen MR) is 64.7 cm³/mol. The number of ether oxygens (including phenoxy) is 1. The van der Waals surface area contributed by atoms with Crippen molar-refractivity contribution in [3.05, 3.63) is 59.9 Å². The van der Waals surface area contributed by atoms with Gasteiger partial charge in [0.05, 0.1) is 12.3 Å². The Morgan fingerprint density at radius 3 is 2.62 bits per heavy atom. The highest BCUT2D eigenvalue weighted by Gasteiger charge is 2.04. The van der Waals surface area contributed by atoms with Crippen LogP contribution in [0.1, 0.15) is 18.2 Å². The molecule has 0 radical (unpaired) electrons. The van der Waals surface area contributed by atoms with Crippen molar-refractivity contribution >= 4 is 0 Å². The average Bonchev–Trinajstić information content (AvgIpc) is 2.33. The van der Waals surface area contributed by atoms with E-state index in [1.165, 1.54) is 5.56 Å². The molecule has 0 atom stereocenters. The summed E-state index contributed by atoms with van der Waals surface area (Å²) >= 11 is 0. The van der Waals surface area contributed by atoms with E-state index < -0.39 is 0 Å². The van der Waals surface area contributed by atoms with E-state index in [4.69, 9.17) is 4.74 Å². The number of rotatable bonds is 4. The fourth-order valence-corrected chi connectivity index (χ4v) is 1.63. The number of nitrogens with zero attached hydrogens (tertiary/aromatic N) is 1. The zero-order chi connectivity index (χ0) is 11.2. The van der Waals surface area contributed by atoms with Gasteiger partial charge in [0.2, 0.25) is 0 Å². The van der Waals surface area contributed by atoms with E-state index in [-0.39, 0.29) is 0 Å². The van der Waals surface area contributed by atoms with Crippen molar-refractivity contribution in [3.8, 4) is 5.75 Å². The Bertz CT molecular complexity index is 439. The van der Waals surface area contributed by atoms with Crippen molar-refractivity contribution in [1.82, 2.24) is 4.98 Å². The Labute approximate surface area is 95.9 Å². The molecule has 0 spiro atoms. The summed E-state index contributed by atoms with van der Waals surface area (Å²) in [6.07, 6.45) is 2.62. The molecule has 82 valence electrons. The van der Waals surface area contributed by atoms with Crippen molar-refractivity contribution in [2.45, 2.75) is 13.3 Å². The third-order valence-corrected chi connectivity index (χ3v) is 2.36. The molecule has 1 heterocycles. The van der Waals surface area contributed by atoms with Crippen LogP contribution in [0.4, 0.5) is 0 Å². The van der Waals surface area contributed by atoms with E-state index in [1.807, 2.05) is 37.3 Å². The van der Waals surface area contributed by atoms with E-state index in [9.17, 15) is 0 Å². The molecule has 2 aromatic rings. The Morgan fingerprint density at radius 1 is 1.06 bits per heavy atom. The fraction of sp³-hybridized carbons (Fsp3) is 0.214. The number of hydrogen-bond donors (Lipinski definition) is 0. The molecular weight excluding hydrogens is 198 g/mol. The molecule has 0 amide bonds. The minimum atomic E-state index is 0.674. The van der Waals surface area contributed by atoms with E-state index in [0.717, 1.165) is 17.9 Å². The van der Waals surface area contributed by atoms with Crippen LogP contribution in [0.5, 0.6) is 5.75 Å². The molecule has 0 bridgehead atoms. The van der Waals surface area contributed by atoms with E-state index in [0.29, 0.717) is 6.61 Å². The van der Waals surface area contributed by atoms with Crippen molar-refractivity contribution < 1.29 is 4.74 Å². The predicted octanol–water partition coefficient (Wildman–Crippen LogP) is 3.07. The first-order chi connectivity index (χ1) is 7.90. The van der Waals surface area contributed by atoms with E-state index >= 15 is 0 Å². The summed E-state index contributed by atoms with van der Waals surface area (Å²) in [7, 11) is 0. The molecule has 0 saturated heterocycles. The summed E-state index contributed by atoms with van der Waals surface area (Å²) in [4.78, 5) is 4.37. The standard InChI is InChI=1S/C14H15NO/c1-2-16-14-9-6-10-15-13(14)11-12-7-4-3-5-8-12/h3-10H,2,11H2,1H3. The highest BCUT2D eigenvalue weighted by molar-refractivity contribution is 5.32. The monoisotopic (exact) mass is 213 g/mol. The maximum Gasteiger partial charge on any atom is 0.141 e. The molecule has 0 N–H and O–H groups in total. The SMILES string of the molecule is CCOc1cccnc1Cc1ccccc1. The second kappa shape index (κ2) is 5.31. The van der Waals surface area contributed by atoms with E-state index in [2.05, 4.69) is 17.1 Å². The van der Waals surface area contributed by atoms with Crippen LogP contribution in [0.3, 0.4) is 0 Å². The first kappa shape index (κ1) is 10.7. The Kier molecular flexibility index (Phi) is 3.54. The van der Waals surface area contributed by atoms with Crippen molar-refractivity contribution in [2.75, 3.05) is 6.61 Å². The van der Waals surface area contributed by atoms with Crippen LogP contribution in [0.2, 0.25) is 0 Å². The van der Waals surface area contributed by atoms with Gasteiger partial charge in [-0.1, -0.05) is 30.3 Å². The van der Waals surface area contributed by atoms with Crippen LogP contribution in [0.25, 0.3) is 0 Å². The lowest BCUT2D eigenvalue weighted by Crippen LogP contribution is -1.99. The zero-order valence-corrected chi connectivity index (χ0v) is 9.39. The van der Waals surface area contributed by atoms with E-state index in [1.54, 1.807) is 6.20 Å². The van der Waals surface area contributed by atoms with Crippen LogP contribution in [-0.4, -0.2) is 11.6 Å². The topological polar surface area (TPSA) is 22.1 Å². The normalized spacial score (nSPS) is 10.1. The van der Waals surface area contributed by atoms with Crippen molar-refractivity contribution in [2.24, 2.45) is 0 Å². The molecule has 0 fully saturated rings. The van der Waals surface area contributed by atoms with Crippen LogP contribution < -0.4 is 4.74 Å². The van der Waals surface area contributed by atoms with Gasteiger partial charge in [-0.3, -0.25) is 4.98 Å². The van der Waals surface area contributed by atoms with Crippen molar-refractivity contribution in [1.29, 1.82) is 0 Å². The fourth-order valence-electron chi connectivity index (χ4n) is 1.63. The first-order valence-corrected chi connectivity index (χ1v) is 5.50. The minimum Gasteiger partial charge on any atom is -0.492 e. The maximum atomic E-state index is 5.55. The van der Waals surface area contributed by atoms with Crippen molar-refractivity contribution in [3.63, 3.8) is 0 Å². The Morgan fingerprint density at radius 2 is 1.88 bits per heavy atom. The molecule has 0 saturated carbocycles. The molecule has 0 aliphatic heterocycles. The highest BCUT2D eigenvalue weighted by Crippen LogP contribution is 2.18. The number of aromatic nitrogens is 1. The number of benzene rings is 1. The summed E-state index contributed by atoms with van der Waals surface area (Å²) in [6.45, 7) is 2.66. The quantitative estimate of drug-likeness (QED) is 0.778. The molecule has 2 heteroatoms. The van der Waals surface area contributed by atoms with Gasteiger partial charge < -0.3 is 4.74 Å². The lowest BCUT2D eigenvalue weighted by Gasteiger charge is -2.08. The second-order valence-electron chi connectivity index (χ2n) is 3.54.